The third-order valence-corrected chi connectivity index (χ3v) is 5.00. The van der Waals surface area contributed by atoms with Gasteiger partial charge in [-0.2, -0.15) is 8.78 Å². The Morgan fingerprint density at radius 3 is 2.13 bits per heavy atom. The molecule has 1 aliphatic rings. The first kappa shape index (κ1) is 24.1. The Kier molecular flexibility index (Phi) is 8.18. The molecule has 1 aliphatic heterocycles. The summed E-state index contributed by atoms with van der Waals surface area (Å²) in [5.74, 6) is 0.704. The molecule has 30 heavy (non-hydrogen) atoms. The van der Waals surface area contributed by atoms with E-state index < -0.39 is 12.2 Å². The van der Waals surface area contributed by atoms with Gasteiger partial charge in [0.05, 0.1) is 6.67 Å². The molecule has 3 amide bonds. The lowest BCUT2D eigenvalue weighted by Crippen LogP contribution is -2.47. The van der Waals surface area contributed by atoms with Gasteiger partial charge < -0.3 is 10.1 Å². The topological polar surface area (TPSA) is 61.9 Å². The van der Waals surface area contributed by atoms with Crippen LogP contribution in [0.5, 0.6) is 5.75 Å². The van der Waals surface area contributed by atoms with Crippen molar-refractivity contribution in [3.63, 3.8) is 0 Å². The van der Waals surface area contributed by atoms with E-state index >= 15 is 0 Å². The first-order valence-corrected chi connectivity index (χ1v) is 10.4. The second-order valence-corrected chi connectivity index (χ2v) is 8.98. The molecule has 1 heterocycles. The number of hydrogen-bond acceptors (Lipinski definition) is 4. The minimum absolute atomic E-state index is 0.0896. The minimum Gasteiger partial charge on any atom is -0.435 e. The van der Waals surface area contributed by atoms with Crippen molar-refractivity contribution in [1.29, 1.82) is 0 Å². The van der Waals surface area contributed by atoms with E-state index in [1.165, 1.54) is 17.0 Å². The number of amides is 3. The molecule has 1 aromatic carbocycles. The molecule has 2 rings (SSSR count). The Morgan fingerprint density at radius 1 is 1.07 bits per heavy atom. The molecule has 0 bridgehead atoms. The number of carbonyl (C=O) groups excluding carboxylic acids is 2. The molecule has 0 spiro atoms. The summed E-state index contributed by atoms with van der Waals surface area (Å²) < 4.78 is 28.9. The first-order chi connectivity index (χ1) is 14.0. The predicted molar refractivity (Wildman–Crippen MR) is 111 cm³/mol. The van der Waals surface area contributed by atoms with E-state index in [9.17, 15) is 18.4 Å². The third kappa shape index (κ3) is 6.65. The number of nitrogens with one attached hydrogen (secondary N) is 1. The molecule has 1 N–H and O–H groups in total. The summed E-state index contributed by atoms with van der Waals surface area (Å²) in [6, 6.07) is 5.95. The van der Waals surface area contributed by atoms with Crippen LogP contribution in [0.25, 0.3) is 0 Å². The molecule has 1 unspecified atom stereocenters. The zero-order chi connectivity index (χ0) is 22.5. The maximum atomic E-state index is 13.1. The smallest absolute Gasteiger partial charge is 0.387 e. The van der Waals surface area contributed by atoms with Crippen LogP contribution in [0.15, 0.2) is 24.3 Å². The second-order valence-electron chi connectivity index (χ2n) is 8.98. The summed E-state index contributed by atoms with van der Waals surface area (Å²) in [6.07, 6.45) is 0.935. The van der Waals surface area contributed by atoms with Gasteiger partial charge in [0.25, 0.3) is 5.91 Å². The van der Waals surface area contributed by atoms with Gasteiger partial charge in [-0.1, -0.05) is 39.8 Å². The predicted octanol–water partition coefficient (Wildman–Crippen LogP) is 4.10. The Balaban J connectivity index is 2.00. The van der Waals surface area contributed by atoms with Gasteiger partial charge in [-0.05, 0) is 49.3 Å². The van der Waals surface area contributed by atoms with Crippen molar-refractivity contribution in [1.82, 2.24) is 15.1 Å². The lowest BCUT2D eigenvalue weighted by Gasteiger charge is -2.29. The lowest BCUT2D eigenvalue weighted by atomic mass is 9.93. The maximum absolute atomic E-state index is 13.1. The van der Waals surface area contributed by atoms with Crippen LogP contribution in [0.3, 0.4) is 0 Å². The maximum Gasteiger partial charge on any atom is 0.387 e. The van der Waals surface area contributed by atoms with Crippen LogP contribution in [0.1, 0.15) is 46.6 Å². The first-order valence-electron chi connectivity index (χ1n) is 10.4. The fourth-order valence-electron chi connectivity index (χ4n) is 3.70. The van der Waals surface area contributed by atoms with Gasteiger partial charge in [-0.15, -0.1) is 0 Å². The molecule has 168 valence electrons. The summed E-state index contributed by atoms with van der Waals surface area (Å²) in [7, 11) is 0. The third-order valence-electron chi connectivity index (χ3n) is 5.00. The SMILES string of the molecule is CC(C)CN(CC(C)C)CN1C(=O)NC(C)(CCc2ccc(OC(F)F)cc2)C1=O. The van der Waals surface area contributed by atoms with E-state index in [-0.39, 0.29) is 24.4 Å². The van der Waals surface area contributed by atoms with E-state index in [0.29, 0.717) is 24.7 Å². The number of rotatable bonds is 11. The van der Waals surface area contributed by atoms with E-state index in [4.69, 9.17) is 0 Å². The summed E-state index contributed by atoms with van der Waals surface area (Å²) in [5.41, 5.74) is -0.115. The molecular formula is C22H33F2N3O3. The van der Waals surface area contributed by atoms with E-state index in [1.807, 2.05) is 0 Å². The molecule has 1 atom stereocenters. The van der Waals surface area contributed by atoms with Crippen molar-refractivity contribution in [3.05, 3.63) is 29.8 Å². The van der Waals surface area contributed by atoms with Crippen LogP contribution in [0.2, 0.25) is 0 Å². The van der Waals surface area contributed by atoms with E-state index in [0.717, 1.165) is 18.7 Å². The molecule has 0 aliphatic carbocycles. The molecular weight excluding hydrogens is 392 g/mol. The Labute approximate surface area is 177 Å². The number of ether oxygens (including phenoxy) is 1. The largest absolute Gasteiger partial charge is 0.435 e. The van der Waals surface area contributed by atoms with Crippen molar-refractivity contribution < 1.29 is 23.1 Å². The van der Waals surface area contributed by atoms with Crippen molar-refractivity contribution in [2.24, 2.45) is 11.8 Å². The summed E-state index contributed by atoms with van der Waals surface area (Å²) in [6.45, 7) is 9.20. The van der Waals surface area contributed by atoms with Crippen molar-refractivity contribution in [2.45, 2.75) is 59.6 Å². The summed E-state index contributed by atoms with van der Waals surface area (Å²) in [4.78, 5) is 29.0. The Bertz CT molecular complexity index is 715. The van der Waals surface area contributed by atoms with Crippen LogP contribution < -0.4 is 10.1 Å². The van der Waals surface area contributed by atoms with Crippen LogP contribution in [0.4, 0.5) is 13.6 Å². The van der Waals surface area contributed by atoms with Gasteiger partial charge in [-0.3, -0.25) is 9.69 Å². The lowest BCUT2D eigenvalue weighted by molar-refractivity contribution is -0.132. The zero-order valence-corrected chi connectivity index (χ0v) is 18.5. The monoisotopic (exact) mass is 425 g/mol. The van der Waals surface area contributed by atoms with Gasteiger partial charge in [0.1, 0.15) is 11.3 Å². The molecule has 6 nitrogen and oxygen atoms in total. The van der Waals surface area contributed by atoms with Crippen LogP contribution >= 0.6 is 0 Å². The van der Waals surface area contributed by atoms with Gasteiger partial charge >= 0.3 is 12.6 Å². The summed E-state index contributed by atoms with van der Waals surface area (Å²) in [5, 5.41) is 2.84. The van der Waals surface area contributed by atoms with E-state index in [2.05, 4.69) is 42.6 Å². The average molecular weight is 426 g/mol. The number of benzene rings is 1. The molecule has 0 radical (unpaired) electrons. The highest BCUT2D eigenvalue weighted by atomic mass is 19.3. The van der Waals surface area contributed by atoms with Gasteiger partial charge in [-0.25, -0.2) is 9.69 Å². The van der Waals surface area contributed by atoms with Crippen LogP contribution in [0, 0.1) is 11.8 Å². The number of urea groups is 1. The number of imide groups is 1. The molecule has 1 aromatic rings. The van der Waals surface area contributed by atoms with Gasteiger partial charge in [0.15, 0.2) is 0 Å². The highest BCUT2D eigenvalue weighted by Gasteiger charge is 2.47. The molecule has 0 aromatic heterocycles. The van der Waals surface area contributed by atoms with Crippen molar-refractivity contribution in [3.8, 4) is 5.75 Å². The molecule has 1 saturated heterocycles. The number of aryl methyl sites for hydroxylation is 1. The fraction of sp³-hybridized carbons (Fsp3) is 0.636. The second kappa shape index (κ2) is 10.2. The Morgan fingerprint density at radius 2 is 1.63 bits per heavy atom. The number of carbonyl (C=O) groups is 2. The Hall–Kier alpha value is -2.22. The zero-order valence-electron chi connectivity index (χ0n) is 18.5. The minimum atomic E-state index is -2.86. The number of hydrogen-bond donors (Lipinski definition) is 1. The van der Waals surface area contributed by atoms with E-state index in [1.54, 1.807) is 19.1 Å². The van der Waals surface area contributed by atoms with Crippen LogP contribution in [-0.4, -0.2) is 53.6 Å². The quantitative estimate of drug-likeness (QED) is 0.542. The van der Waals surface area contributed by atoms with Crippen molar-refractivity contribution in [2.75, 3.05) is 19.8 Å². The van der Waals surface area contributed by atoms with Gasteiger partial charge in [0, 0.05) is 13.1 Å². The molecule has 8 heteroatoms. The highest BCUT2D eigenvalue weighted by Crippen LogP contribution is 2.25. The highest BCUT2D eigenvalue weighted by molar-refractivity contribution is 6.06. The normalized spacial score (nSPS) is 19.5. The number of halogens is 2. The van der Waals surface area contributed by atoms with Gasteiger partial charge in [0.2, 0.25) is 0 Å². The van der Waals surface area contributed by atoms with Crippen LogP contribution in [-0.2, 0) is 11.2 Å². The number of nitrogens with zero attached hydrogens (tertiary/aromatic N) is 2. The van der Waals surface area contributed by atoms with Crippen molar-refractivity contribution >= 4 is 11.9 Å². The average Bonchev–Trinajstić information content (AvgIpc) is 2.83. The molecule has 0 saturated carbocycles. The summed E-state index contributed by atoms with van der Waals surface area (Å²) >= 11 is 0. The molecule has 1 fully saturated rings. The standard InChI is InChI=1S/C22H33F2N3O3/c1-15(2)12-26(13-16(3)4)14-27-19(28)22(5,25-21(27)29)11-10-17-6-8-18(9-7-17)30-20(23)24/h6-9,15-16,20H,10-14H2,1-5H3,(H,25,29). The fourth-order valence-corrected chi connectivity index (χ4v) is 3.70. The number of alkyl halides is 2.